The lowest BCUT2D eigenvalue weighted by Gasteiger charge is -2.37. The summed E-state index contributed by atoms with van der Waals surface area (Å²) in [6, 6.07) is 4.66. The van der Waals surface area contributed by atoms with Crippen LogP contribution in [-0.4, -0.2) is 13.1 Å². The predicted molar refractivity (Wildman–Crippen MR) is 81.3 cm³/mol. The van der Waals surface area contributed by atoms with Crippen LogP contribution in [0.2, 0.25) is 0 Å². The van der Waals surface area contributed by atoms with Crippen LogP contribution in [0.1, 0.15) is 43.4 Å². The number of thiophene rings is 1. The molecule has 0 radical (unpaired) electrons. The van der Waals surface area contributed by atoms with Crippen LogP contribution in [0.3, 0.4) is 0 Å². The van der Waals surface area contributed by atoms with Crippen LogP contribution < -0.4 is 5.32 Å². The van der Waals surface area contributed by atoms with E-state index in [0.717, 1.165) is 17.8 Å². The van der Waals surface area contributed by atoms with Crippen molar-refractivity contribution in [3.05, 3.63) is 21.9 Å². The van der Waals surface area contributed by atoms with Gasteiger partial charge in [-0.1, -0.05) is 20.8 Å². The molecule has 18 heavy (non-hydrogen) atoms. The second-order valence-corrected chi connectivity index (χ2v) is 7.33. The Bertz CT molecular complexity index is 356. The van der Waals surface area contributed by atoms with Crippen LogP contribution in [-0.2, 0) is 12.8 Å². The minimum atomic E-state index is 0.771. The molecular formula is C16H27NS. The normalized spacial score (nSPS) is 23.3. The largest absolute Gasteiger partial charge is 0.316 e. The first-order chi connectivity index (χ1) is 8.69. The molecule has 1 saturated carbocycles. The lowest BCUT2D eigenvalue weighted by Crippen LogP contribution is -2.37. The Morgan fingerprint density at radius 1 is 1.22 bits per heavy atom. The van der Waals surface area contributed by atoms with Crippen LogP contribution in [0.25, 0.3) is 0 Å². The molecule has 0 bridgehead atoms. The van der Waals surface area contributed by atoms with Crippen molar-refractivity contribution in [1.29, 1.82) is 0 Å². The molecule has 1 aromatic heterocycles. The lowest BCUT2D eigenvalue weighted by molar-refractivity contribution is 0.170. The fourth-order valence-corrected chi connectivity index (χ4v) is 3.76. The summed E-state index contributed by atoms with van der Waals surface area (Å²) in [6.45, 7) is 9.21. The molecule has 0 amide bonds. The number of aryl methyl sites for hydroxylation is 1. The molecule has 2 atom stereocenters. The van der Waals surface area contributed by atoms with Crippen LogP contribution in [0, 0.1) is 17.8 Å². The van der Waals surface area contributed by atoms with Gasteiger partial charge in [-0.2, -0.15) is 0 Å². The van der Waals surface area contributed by atoms with Gasteiger partial charge >= 0.3 is 0 Å². The highest BCUT2D eigenvalue weighted by Gasteiger charge is 2.30. The van der Waals surface area contributed by atoms with Gasteiger partial charge in [0.05, 0.1) is 0 Å². The summed E-state index contributed by atoms with van der Waals surface area (Å²) in [6.07, 6.45) is 5.38. The van der Waals surface area contributed by atoms with E-state index in [1.807, 2.05) is 11.3 Å². The van der Waals surface area contributed by atoms with Crippen LogP contribution in [0.4, 0.5) is 0 Å². The van der Waals surface area contributed by atoms with Gasteiger partial charge in [0.15, 0.2) is 0 Å². The highest BCUT2D eigenvalue weighted by atomic mass is 32.1. The number of hydrogen-bond acceptors (Lipinski definition) is 2. The van der Waals surface area contributed by atoms with Gasteiger partial charge in [0, 0.05) is 9.75 Å². The van der Waals surface area contributed by atoms with E-state index >= 15 is 0 Å². The third kappa shape index (κ3) is 3.83. The molecule has 2 heteroatoms. The first-order valence-corrected chi connectivity index (χ1v) is 8.29. The SMILES string of the molecule is CCc1ccc(CC2CCC2CNCC(C)C)s1. The van der Waals surface area contributed by atoms with E-state index in [4.69, 9.17) is 0 Å². The standard InChI is InChI=1S/C16H27NS/c1-4-15-7-8-16(18-15)9-13-5-6-14(13)11-17-10-12(2)3/h7-8,12-14,17H,4-6,9-11H2,1-3H3. The number of rotatable bonds is 7. The summed E-state index contributed by atoms with van der Waals surface area (Å²) in [5.74, 6) is 2.64. The zero-order chi connectivity index (χ0) is 13.0. The summed E-state index contributed by atoms with van der Waals surface area (Å²) in [5.41, 5.74) is 0. The number of nitrogens with one attached hydrogen (secondary N) is 1. The summed E-state index contributed by atoms with van der Waals surface area (Å²) in [4.78, 5) is 3.14. The Kier molecular flexibility index (Phi) is 5.25. The zero-order valence-electron chi connectivity index (χ0n) is 12.0. The molecule has 1 nitrogen and oxygen atoms in total. The highest BCUT2D eigenvalue weighted by molar-refractivity contribution is 7.11. The maximum Gasteiger partial charge on any atom is 0.00510 e. The van der Waals surface area contributed by atoms with Crippen LogP contribution in [0.5, 0.6) is 0 Å². The number of hydrogen-bond donors (Lipinski definition) is 1. The maximum absolute atomic E-state index is 3.62. The molecule has 1 fully saturated rings. The van der Waals surface area contributed by atoms with Gasteiger partial charge in [0.1, 0.15) is 0 Å². The molecule has 0 aliphatic heterocycles. The van der Waals surface area contributed by atoms with Crippen LogP contribution >= 0.6 is 11.3 Å². The van der Waals surface area contributed by atoms with E-state index in [0.29, 0.717) is 0 Å². The molecule has 2 rings (SSSR count). The highest BCUT2D eigenvalue weighted by Crippen LogP contribution is 2.37. The van der Waals surface area contributed by atoms with E-state index in [1.165, 1.54) is 38.8 Å². The van der Waals surface area contributed by atoms with Crippen molar-refractivity contribution >= 4 is 11.3 Å². The van der Waals surface area contributed by atoms with Gasteiger partial charge in [-0.3, -0.25) is 0 Å². The first kappa shape index (κ1) is 14.1. The van der Waals surface area contributed by atoms with E-state index in [-0.39, 0.29) is 0 Å². The van der Waals surface area contributed by atoms with Crippen molar-refractivity contribution in [3.63, 3.8) is 0 Å². The average molecular weight is 265 g/mol. The average Bonchev–Trinajstić information content (AvgIpc) is 2.78. The molecule has 0 spiro atoms. The Labute approximate surface area is 116 Å². The van der Waals surface area contributed by atoms with Gasteiger partial charge in [-0.25, -0.2) is 0 Å². The third-order valence-corrected chi connectivity index (χ3v) is 5.32. The molecule has 102 valence electrons. The van der Waals surface area contributed by atoms with E-state index in [9.17, 15) is 0 Å². The molecule has 1 aliphatic rings. The predicted octanol–water partition coefficient (Wildman–Crippen LogP) is 4.12. The molecule has 1 N–H and O–H groups in total. The molecular weight excluding hydrogens is 238 g/mol. The van der Waals surface area contributed by atoms with Crippen molar-refractivity contribution in [3.8, 4) is 0 Å². The zero-order valence-corrected chi connectivity index (χ0v) is 12.9. The Morgan fingerprint density at radius 3 is 2.50 bits per heavy atom. The fraction of sp³-hybridized carbons (Fsp3) is 0.750. The maximum atomic E-state index is 3.62. The summed E-state index contributed by atoms with van der Waals surface area (Å²) in [7, 11) is 0. The van der Waals surface area contributed by atoms with Crippen molar-refractivity contribution in [1.82, 2.24) is 5.32 Å². The first-order valence-electron chi connectivity index (χ1n) is 7.47. The molecule has 0 saturated heterocycles. The second kappa shape index (κ2) is 6.72. The molecule has 1 heterocycles. The molecule has 0 aromatic carbocycles. The van der Waals surface area contributed by atoms with E-state index in [1.54, 1.807) is 9.75 Å². The molecule has 1 aliphatic carbocycles. The minimum absolute atomic E-state index is 0.771. The second-order valence-electron chi connectivity index (χ2n) is 6.08. The van der Waals surface area contributed by atoms with Gasteiger partial charge in [-0.05, 0) is 68.7 Å². The Balaban J connectivity index is 1.73. The summed E-state index contributed by atoms with van der Waals surface area (Å²) in [5, 5.41) is 3.62. The third-order valence-electron chi connectivity index (χ3n) is 4.06. The van der Waals surface area contributed by atoms with E-state index in [2.05, 4.69) is 38.2 Å². The smallest absolute Gasteiger partial charge is 0.00510 e. The Morgan fingerprint density at radius 2 is 1.94 bits per heavy atom. The fourth-order valence-electron chi connectivity index (χ4n) is 2.71. The minimum Gasteiger partial charge on any atom is -0.316 e. The van der Waals surface area contributed by atoms with Crippen molar-refractivity contribution in [2.24, 2.45) is 17.8 Å². The van der Waals surface area contributed by atoms with Gasteiger partial charge in [0.25, 0.3) is 0 Å². The Hall–Kier alpha value is -0.340. The van der Waals surface area contributed by atoms with Crippen LogP contribution in [0.15, 0.2) is 12.1 Å². The molecule has 1 aromatic rings. The quantitative estimate of drug-likeness (QED) is 0.782. The van der Waals surface area contributed by atoms with Gasteiger partial charge in [0.2, 0.25) is 0 Å². The van der Waals surface area contributed by atoms with Gasteiger partial charge in [-0.15, -0.1) is 11.3 Å². The van der Waals surface area contributed by atoms with E-state index < -0.39 is 0 Å². The summed E-state index contributed by atoms with van der Waals surface area (Å²) >= 11 is 2.02. The van der Waals surface area contributed by atoms with Crippen molar-refractivity contribution in [2.75, 3.05) is 13.1 Å². The monoisotopic (exact) mass is 265 g/mol. The van der Waals surface area contributed by atoms with Gasteiger partial charge < -0.3 is 5.32 Å². The van der Waals surface area contributed by atoms with Crippen molar-refractivity contribution in [2.45, 2.75) is 46.5 Å². The molecule has 2 unspecified atom stereocenters. The topological polar surface area (TPSA) is 12.0 Å². The van der Waals surface area contributed by atoms with Crippen molar-refractivity contribution < 1.29 is 0 Å². The lowest BCUT2D eigenvalue weighted by atomic mass is 9.71. The summed E-state index contributed by atoms with van der Waals surface area (Å²) < 4.78 is 0.